The number of aryl methyl sites for hydroxylation is 1. The Hall–Kier alpha value is -0.350. The van der Waals surface area contributed by atoms with Crippen molar-refractivity contribution in [2.45, 2.75) is 13.0 Å². The van der Waals surface area contributed by atoms with E-state index in [4.69, 9.17) is 17.3 Å². The molecule has 84 valence electrons. The van der Waals surface area contributed by atoms with Gasteiger partial charge in [-0.1, -0.05) is 33.6 Å². The third-order valence-corrected chi connectivity index (χ3v) is 4.11. The molecule has 1 nitrogen and oxygen atoms in total. The Morgan fingerprint density at radius 2 is 2.12 bits per heavy atom. The van der Waals surface area contributed by atoms with Crippen LogP contribution in [-0.2, 0) is 0 Å². The van der Waals surface area contributed by atoms with Crippen LogP contribution in [-0.4, -0.2) is 0 Å². The maximum atomic E-state index is 6.19. The molecule has 0 bridgehead atoms. The molecule has 1 heterocycles. The summed E-state index contributed by atoms with van der Waals surface area (Å²) in [6.07, 6.45) is 0. The molecule has 0 aliphatic heterocycles. The van der Waals surface area contributed by atoms with Gasteiger partial charge in [0.25, 0.3) is 0 Å². The Labute approximate surface area is 112 Å². The van der Waals surface area contributed by atoms with E-state index in [-0.39, 0.29) is 6.04 Å². The van der Waals surface area contributed by atoms with Gasteiger partial charge in [-0.15, -0.1) is 11.3 Å². The monoisotopic (exact) mass is 315 g/mol. The summed E-state index contributed by atoms with van der Waals surface area (Å²) in [6, 6.07) is 7.75. The predicted octanol–water partition coefficient (Wildman–Crippen LogP) is 4.52. The smallest absolute Gasteiger partial charge is 0.0574 e. The van der Waals surface area contributed by atoms with Crippen LogP contribution < -0.4 is 5.73 Å². The topological polar surface area (TPSA) is 26.0 Å². The lowest BCUT2D eigenvalue weighted by Crippen LogP contribution is -2.11. The van der Waals surface area contributed by atoms with Gasteiger partial charge in [0.2, 0.25) is 0 Å². The largest absolute Gasteiger partial charge is 0.320 e. The highest BCUT2D eigenvalue weighted by Crippen LogP contribution is 2.30. The molecule has 16 heavy (non-hydrogen) atoms. The SMILES string of the molecule is Cc1cc(C(N)c2ccc(Br)cc2Cl)cs1. The number of thiophene rings is 1. The zero-order chi connectivity index (χ0) is 11.7. The van der Waals surface area contributed by atoms with Gasteiger partial charge in [-0.05, 0) is 41.6 Å². The van der Waals surface area contributed by atoms with E-state index in [1.54, 1.807) is 11.3 Å². The van der Waals surface area contributed by atoms with E-state index in [0.717, 1.165) is 15.6 Å². The van der Waals surface area contributed by atoms with Gasteiger partial charge in [-0.2, -0.15) is 0 Å². The van der Waals surface area contributed by atoms with Crippen molar-refractivity contribution in [2.24, 2.45) is 5.73 Å². The minimum Gasteiger partial charge on any atom is -0.320 e. The molecular formula is C12H11BrClNS. The fourth-order valence-corrected chi connectivity index (χ4v) is 3.09. The first-order valence-electron chi connectivity index (χ1n) is 4.83. The second kappa shape index (κ2) is 4.88. The molecule has 0 fully saturated rings. The standard InChI is InChI=1S/C12H11BrClNS/c1-7-4-8(6-16-7)12(15)10-3-2-9(13)5-11(10)14/h2-6,12H,15H2,1H3. The quantitative estimate of drug-likeness (QED) is 0.866. The Balaban J connectivity index is 2.37. The number of rotatable bonds is 2. The average Bonchev–Trinajstić information content (AvgIpc) is 2.64. The molecule has 1 aromatic carbocycles. The minimum absolute atomic E-state index is 0.148. The molecule has 2 rings (SSSR count). The molecule has 0 aliphatic rings. The number of halogens is 2. The predicted molar refractivity (Wildman–Crippen MR) is 74.2 cm³/mol. The zero-order valence-electron chi connectivity index (χ0n) is 8.71. The Kier molecular flexibility index (Phi) is 3.70. The third-order valence-electron chi connectivity index (χ3n) is 2.41. The Morgan fingerprint density at radius 1 is 1.38 bits per heavy atom. The van der Waals surface area contributed by atoms with Gasteiger partial charge in [0.05, 0.1) is 6.04 Å². The third kappa shape index (κ3) is 2.48. The fourth-order valence-electron chi connectivity index (χ4n) is 1.56. The molecule has 0 radical (unpaired) electrons. The van der Waals surface area contributed by atoms with E-state index in [9.17, 15) is 0 Å². The maximum Gasteiger partial charge on any atom is 0.0574 e. The van der Waals surface area contributed by atoms with Crippen LogP contribution in [0.15, 0.2) is 34.1 Å². The molecule has 0 aliphatic carbocycles. The highest BCUT2D eigenvalue weighted by Gasteiger charge is 2.13. The van der Waals surface area contributed by atoms with Crippen LogP contribution in [0.1, 0.15) is 22.0 Å². The molecule has 1 aromatic heterocycles. The van der Waals surface area contributed by atoms with Crippen LogP contribution in [0.3, 0.4) is 0 Å². The number of benzene rings is 1. The lowest BCUT2D eigenvalue weighted by atomic mass is 10.0. The van der Waals surface area contributed by atoms with Crippen LogP contribution in [0.4, 0.5) is 0 Å². The second-order valence-electron chi connectivity index (χ2n) is 3.63. The van der Waals surface area contributed by atoms with Crippen molar-refractivity contribution in [3.63, 3.8) is 0 Å². The van der Waals surface area contributed by atoms with E-state index >= 15 is 0 Å². The molecule has 1 unspecified atom stereocenters. The summed E-state index contributed by atoms with van der Waals surface area (Å²) in [5.74, 6) is 0. The van der Waals surface area contributed by atoms with Gasteiger partial charge in [0.1, 0.15) is 0 Å². The molecule has 1 atom stereocenters. The number of hydrogen-bond acceptors (Lipinski definition) is 2. The lowest BCUT2D eigenvalue weighted by molar-refractivity contribution is 0.876. The first-order chi connectivity index (χ1) is 7.58. The molecule has 0 saturated carbocycles. The Morgan fingerprint density at radius 3 is 2.69 bits per heavy atom. The molecule has 0 spiro atoms. The van der Waals surface area contributed by atoms with Gasteiger partial charge < -0.3 is 5.73 Å². The highest BCUT2D eigenvalue weighted by molar-refractivity contribution is 9.10. The zero-order valence-corrected chi connectivity index (χ0v) is 11.9. The lowest BCUT2D eigenvalue weighted by Gasteiger charge is -2.12. The van der Waals surface area contributed by atoms with Crippen LogP contribution in [0.25, 0.3) is 0 Å². The van der Waals surface area contributed by atoms with Crippen molar-refractivity contribution in [1.29, 1.82) is 0 Å². The van der Waals surface area contributed by atoms with Crippen LogP contribution in [0.5, 0.6) is 0 Å². The van der Waals surface area contributed by atoms with Crippen molar-refractivity contribution >= 4 is 38.9 Å². The average molecular weight is 317 g/mol. The minimum atomic E-state index is -0.148. The molecule has 0 amide bonds. The first-order valence-corrected chi connectivity index (χ1v) is 6.88. The van der Waals surface area contributed by atoms with Crippen molar-refractivity contribution in [2.75, 3.05) is 0 Å². The van der Waals surface area contributed by atoms with Crippen molar-refractivity contribution in [1.82, 2.24) is 0 Å². The maximum absolute atomic E-state index is 6.19. The van der Waals surface area contributed by atoms with Crippen LogP contribution in [0.2, 0.25) is 5.02 Å². The second-order valence-corrected chi connectivity index (χ2v) is 6.07. The van der Waals surface area contributed by atoms with Crippen LogP contribution >= 0.6 is 38.9 Å². The molecular weight excluding hydrogens is 306 g/mol. The fraction of sp³-hybridized carbons (Fsp3) is 0.167. The van der Waals surface area contributed by atoms with Gasteiger partial charge in [0.15, 0.2) is 0 Å². The van der Waals surface area contributed by atoms with Crippen molar-refractivity contribution in [3.8, 4) is 0 Å². The summed E-state index contributed by atoms with van der Waals surface area (Å²) >= 11 is 11.3. The van der Waals surface area contributed by atoms with E-state index in [0.29, 0.717) is 5.02 Å². The Bertz CT molecular complexity index is 509. The summed E-state index contributed by atoms with van der Waals surface area (Å²) in [4.78, 5) is 1.26. The number of nitrogens with two attached hydrogens (primary N) is 1. The summed E-state index contributed by atoms with van der Waals surface area (Å²) in [5, 5.41) is 2.78. The van der Waals surface area contributed by atoms with Crippen LogP contribution in [0, 0.1) is 6.92 Å². The highest BCUT2D eigenvalue weighted by atomic mass is 79.9. The molecule has 2 aromatic rings. The number of hydrogen-bond donors (Lipinski definition) is 1. The van der Waals surface area contributed by atoms with Crippen molar-refractivity contribution < 1.29 is 0 Å². The molecule has 0 saturated heterocycles. The van der Waals surface area contributed by atoms with Gasteiger partial charge in [-0.25, -0.2) is 0 Å². The molecule has 4 heteroatoms. The summed E-state index contributed by atoms with van der Waals surface area (Å²) in [6.45, 7) is 2.07. The summed E-state index contributed by atoms with van der Waals surface area (Å²) < 4.78 is 0.968. The van der Waals surface area contributed by atoms with Gasteiger partial charge in [0, 0.05) is 14.4 Å². The van der Waals surface area contributed by atoms with Gasteiger partial charge >= 0.3 is 0 Å². The summed E-state index contributed by atoms with van der Waals surface area (Å²) in [5.41, 5.74) is 8.27. The summed E-state index contributed by atoms with van der Waals surface area (Å²) in [7, 11) is 0. The van der Waals surface area contributed by atoms with E-state index in [2.05, 4.69) is 34.3 Å². The van der Waals surface area contributed by atoms with E-state index in [1.807, 2.05) is 18.2 Å². The van der Waals surface area contributed by atoms with E-state index in [1.165, 1.54) is 4.88 Å². The first kappa shape index (κ1) is 12.1. The van der Waals surface area contributed by atoms with E-state index < -0.39 is 0 Å². The normalized spacial score (nSPS) is 12.8. The molecule has 2 N–H and O–H groups in total. The van der Waals surface area contributed by atoms with Crippen molar-refractivity contribution in [3.05, 3.63) is 55.1 Å². The van der Waals surface area contributed by atoms with Gasteiger partial charge in [-0.3, -0.25) is 0 Å².